The largest absolute Gasteiger partial charge is 0.455 e. The van der Waals surface area contributed by atoms with E-state index in [1.165, 1.54) is 5.56 Å². The number of furan rings is 1. The number of benzene rings is 1. The lowest BCUT2D eigenvalue weighted by Crippen LogP contribution is -2.32. The highest BCUT2D eigenvalue weighted by Crippen LogP contribution is 2.29. The van der Waals surface area contributed by atoms with Gasteiger partial charge in [0.25, 0.3) is 5.91 Å². The molecule has 3 rings (SSSR count). The Hall–Kier alpha value is -2.40. The van der Waals surface area contributed by atoms with Gasteiger partial charge < -0.3 is 15.5 Å². The Balaban J connectivity index is 1.66. The fourth-order valence-electron chi connectivity index (χ4n) is 3.39. The van der Waals surface area contributed by atoms with Crippen molar-refractivity contribution in [3.63, 3.8) is 0 Å². The summed E-state index contributed by atoms with van der Waals surface area (Å²) in [5, 5.41) is 2.83. The number of carbonyl (C=O) groups excluding carboxylic acids is 2. The summed E-state index contributed by atoms with van der Waals surface area (Å²) in [4.78, 5) is 24.6. The third-order valence-corrected chi connectivity index (χ3v) is 5.03. The first-order valence-electron chi connectivity index (χ1n) is 9.17. The fraction of sp³-hybridized carbons (Fsp3) is 0.429. The average molecular weight is 354 g/mol. The van der Waals surface area contributed by atoms with Gasteiger partial charge >= 0.3 is 0 Å². The zero-order chi connectivity index (χ0) is 18.8. The minimum absolute atomic E-state index is 0.0634. The van der Waals surface area contributed by atoms with Gasteiger partial charge in [0.2, 0.25) is 0 Å². The van der Waals surface area contributed by atoms with Crippen molar-refractivity contribution < 1.29 is 14.0 Å². The zero-order valence-electron chi connectivity index (χ0n) is 15.6. The van der Waals surface area contributed by atoms with E-state index in [1.807, 2.05) is 12.1 Å². The van der Waals surface area contributed by atoms with Gasteiger partial charge in [-0.15, -0.1) is 0 Å². The van der Waals surface area contributed by atoms with Crippen LogP contribution in [0.3, 0.4) is 0 Å². The molecule has 2 aromatic rings. The molecule has 1 aliphatic carbocycles. The molecule has 26 heavy (non-hydrogen) atoms. The molecule has 0 saturated heterocycles. The van der Waals surface area contributed by atoms with Gasteiger partial charge in [-0.05, 0) is 30.4 Å². The van der Waals surface area contributed by atoms with Gasteiger partial charge in [0, 0.05) is 31.0 Å². The SMILES string of the molecule is Cc1c(C(=O)NCC(N)c2ccc(C(C)C)cc2)oc2c1C(=O)CCC2. The van der Waals surface area contributed by atoms with E-state index in [0.29, 0.717) is 42.2 Å². The van der Waals surface area contributed by atoms with Crippen molar-refractivity contribution in [3.8, 4) is 0 Å². The first-order valence-corrected chi connectivity index (χ1v) is 9.17. The van der Waals surface area contributed by atoms with E-state index in [2.05, 4.69) is 31.3 Å². The molecule has 0 fully saturated rings. The van der Waals surface area contributed by atoms with E-state index < -0.39 is 0 Å². The Morgan fingerprint density at radius 1 is 1.19 bits per heavy atom. The molecular weight excluding hydrogens is 328 g/mol. The molecule has 1 amide bonds. The van der Waals surface area contributed by atoms with Gasteiger partial charge in [0.1, 0.15) is 5.76 Å². The Bertz CT molecular complexity index is 819. The first kappa shape index (κ1) is 18.4. The van der Waals surface area contributed by atoms with Crippen LogP contribution in [0.5, 0.6) is 0 Å². The zero-order valence-corrected chi connectivity index (χ0v) is 15.6. The number of fused-ring (bicyclic) bond motifs is 1. The number of rotatable bonds is 5. The summed E-state index contributed by atoms with van der Waals surface area (Å²) in [6.45, 7) is 6.36. The van der Waals surface area contributed by atoms with Gasteiger partial charge in [-0.3, -0.25) is 9.59 Å². The first-order chi connectivity index (χ1) is 12.4. The molecule has 1 heterocycles. The van der Waals surface area contributed by atoms with Crippen molar-refractivity contribution in [2.75, 3.05) is 6.54 Å². The molecule has 1 aromatic heterocycles. The summed E-state index contributed by atoms with van der Waals surface area (Å²) in [7, 11) is 0. The maximum Gasteiger partial charge on any atom is 0.287 e. The molecule has 0 aliphatic heterocycles. The molecular formula is C21H26N2O3. The number of carbonyl (C=O) groups is 2. The summed E-state index contributed by atoms with van der Waals surface area (Å²) in [6, 6.07) is 7.84. The highest BCUT2D eigenvalue weighted by atomic mass is 16.4. The third kappa shape index (κ3) is 3.58. The van der Waals surface area contributed by atoms with E-state index in [1.54, 1.807) is 6.92 Å². The van der Waals surface area contributed by atoms with Crippen LogP contribution in [0.1, 0.15) is 82.0 Å². The highest BCUT2D eigenvalue weighted by molar-refractivity contribution is 6.03. The van der Waals surface area contributed by atoms with Crippen molar-refractivity contribution in [2.45, 2.75) is 52.0 Å². The maximum absolute atomic E-state index is 12.5. The number of nitrogens with one attached hydrogen (secondary N) is 1. The van der Waals surface area contributed by atoms with E-state index in [-0.39, 0.29) is 23.5 Å². The Morgan fingerprint density at radius 2 is 1.85 bits per heavy atom. The van der Waals surface area contributed by atoms with Gasteiger partial charge in [-0.1, -0.05) is 38.1 Å². The van der Waals surface area contributed by atoms with Gasteiger partial charge in [-0.25, -0.2) is 0 Å². The molecule has 138 valence electrons. The predicted octanol–water partition coefficient (Wildman–Crippen LogP) is 3.66. The summed E-state index contributed by atoms with van der Waals surface area (Å²) in [5.74, 6) is 1.08. The second kappa shape index (κ2) is 7.46. The molecule has 1 aliphatic rings. The monoisotopic (exact) mass is 354 g/mol. The van der Waals surface area contributed by atoms with Crippen LogP contribution >= 0.6 is 0 Å². The van der Waals surface area contributed by atoms with Crippen LogP contribution in [0, 0.1) is 6.92 Å². The van der Waals surface area contributed by atoms with Gasteiger partial charge in [0.05, 0.1) is 5.56 Å². The summed E-state index contributed by atoms with van der Waals surface area (Å²) in [6.07, 6.45) is 2.00. The molecule has 0 bridgehead atoms. The van der Waals surface area contributed by atoms with Crippen molar-refractivity contribution in [3.05, 3.63) is 58.0 Å². The Kier molecular flexibility index (Phi) is 5.28. The van der Waals surface area contributed by atoms with E-state index >= 15 is 0 Å². The molecule has 1 aromatic carbocycles. The number of nitrogens with two attached hydrogens (primary N) is 1. The molecule has 5 heteroatoms. The average Bonchev–Trinajstić information content (AvgIpc) is 2.97. The van der Waals surface area contributed by atoms with E-state index in [4.69, 9.17) is 10.2 Å². The molecule has 0 spiro atoms. The second-order valence-corrected chi connectivity index (χ2v) is 7.27. The number of amides is 1. The third-order valence-electron chi connectivity index (χ3n) is 5.03. The van der Waals surface area contributed by atoms with Gasteiger partial charge in [0.15, 0.2) is 11.5 Å². The molecule has 5 nitrogen and oxygen atoms in total. The number of hydrogen-bond donors (Lipinski definition) is 2. The number of aryl methyl sites for hydroxylation is 1. The normalized spacial score (nSPS) is 15.0. The topological polar surface area (TPSA) is 85.3 Å². The molecule has 0 radical (unpaired) electrons. The van der Waals surface area contributed by atoms with Crippen molar-refractivity contribution >= 4 is 11.7 Å². The minimum atomic E-state index is -0.320. The standard InChI is InChI=1S/C21H26N2O3/c1-12(2)14-7-9-15(10-8-14)16(22)11-23-21(25)20-13(3)19-17(24)5-4-6-18(19)26-20/h7-10,12,16H,4-6,11,22H2,1-3H3,(H,23,25). The van der Waals surface area contributed by atoms with Crippen LogP contribution in [-0.4, -0.2) is 18.2 Å². The smallest absolute Gasteiger partial charge is 0.287 e. The van der Waals surface area contributed by atoms with E-state index in [0.717, 1.165) is 12.0 Å². The molecule has 1 atom stereocenters. The fourth-order valence-corrected chi connectivity index (χ4v) is 3.39. The maximum atomic E-state index is 12.5. The number of ketones is 1. The lowest BCUT2D eigenvalue weighted by molar-refractivity contribution is 0.0917. The second-order valence-electron chi connectivity index (χ2n) is 7.27. The van der Waals surface area contributed by atoms with Crippen LogP contribution < -0.4 is 11.1 Å². The van der Waals surface area contributed by atoms with Gasteiger partial charge in [-0.2, -0.15) is 0 Å². The lowest BCUT2D eigenvalue weighted by atomic mass is 9.94. The summed E-state index contributed by atoms with van der Waals surface area (Å²) >= 11 is 0. The molecule has 3 N–H and O–H groups in total. The van der Waals surface area contributed by atoms with Crippen LogP contribution in [-0.2, 0) is 6.42 Å². The predicted molar refractivity (Wildman–Crippen MR) is 101 cm³/mol. The van der Waals surface area contributed by atoms with Crippen LogP contribution in [0.4, 0.5) is 0 Å². The number of hydrogen-bond acceptors (Lipinski definition) is 4. The van der Waals surface area contributed by atoms with E-state index in [9.17, 15) is 9.59 Å². The van der Waals surface area contributed by atoms with Crippen LogP contribution in [0.15, 0.2) is 28.7 Å². The lowest BCUT2D eigenvalue weighted by Gasteiger charge is -2.14. The Labute approximate surface area is 154 Å². The van der Waals surface area contributed by atoms with Crippen molar-refractivity contribution in [2.24, 2.45) is 5.73 Å². The van der Waals surface area contributed by atoms with Crippen LogP contribution in [0.2, 0.25) is 0 Å². The van der Waals surface area contributed by atoms with Crippen LogP contribution in [0.25, 0.3) is 0 Å². The quantitative estimate of drug-likeness (QED) is 0.858. The minimum Gasteiger partial charge on any atom is -0.455 e. The van der Waals surface area contributed by atoms with Crippen molar-refractivity contribution in [1.29, 1.82) is 0 Å². The molecule has 1 unspecified atom stereocenters. The highest BCUT2D eigenvalue weighted by Gasteiger charge is 2.28. The summed E-state index contributed by atoms with van der Waals surface area (Å²) < 4.78 is 5.68. The molecule has 0 saturated carbocycles. The van der Waals surface area contributed by atoms with Crippen molar-refractivity contribution in [1.82, 2.24) is 5.32 Å². The summed E-state index contributed by atoms with van der Waals surface area (Å²) in [5.41, 5.74) is 9.66. The number of Topliss-reactive ketones (excluding diaryl/α,β-unsaturated/α-hetero) is 1. The Morgan fingerprint density at radius 3 is 2.46 bits per heavy atom.